The maximum absolute atomic E-state index is 13.2. The first-order valence-corrected chi connectivity index (χ1v) is 6.81. The van der Waals surface area contributed by atoms with E-state index in [1.807, 2.05) is 0 Å². The van der Waals surface area contributed by atoms with Crippen LogP contribution in [0.3, 0.4) is 0 Å². The number of pyridine rings is 1. The molecule has 0 spiro atoms. The fourth-order valence-corrected chi connectivity index (χ4v) is 2.53. The van der Waals surface area contributed by atoms with Crippen LogP contribution in [0.4, 0.5) is 4.39 Å². The number of aromatic nitrogens is 1. The molecule has 1 aliphatic carbocycles. The van der Waals surface area contributed by atoms with E-state index in [-0.39, 0.29) is 11.9 Å². The quantitative estimate of drug-likeness (QED) is 0.802. The highest BCUT2D eigenvalue weighted by Gasteiger charge is 2.14. The van der Waals surface area contributed by atoms with E-state index in [1.54, 1.807) is 12.3 Å². The van der Waals surface area contributed by atoms with E-state index in [0.717, 1.165) is 18.5 Å². The van der Waals surface area contributed by atoms with Crippen molar-refractivity contribution >= 4 is 0 Å². The fourth-order valence-electron chi connectivity index (χ4n) is 2.53. The molecule has 0 aromatic carbocycles. The molecule has 1 aromatic rings. The molecule has 0 saturated heterocycles. The number of allylic oxidation sites excluding steroid dienone is 1. The van der Waals surface area contributed by atoms with Crippen molar-refractivity contribution in [1.82, 2.24) is 10.3 Å². The van der Waals surface area contributed by atoms with Crippen molar-refractivity contribution in [2.45, 2.75) is 45.1 Å². The highest BCUT2D eigenvalue weighted by molar-refractivity contribution is 5.19. The Balaban J connectivity index is 2.09. The van der Waals surface area contributed by atoms with Crippen molar-refractivity contribution in [2.24, 2.45) is 0 Å². The van der Waals surface area contributed by atoms with E-state index < -0.39 is 0 Å². The van der Waals surface area contributed by atoms with Crippen molar-refractivity contribution in [1.29, 1.82) is 0 Å². The van der Waals surface area contributed by atoms with E-state index in [4.69, 9.17) is 0 Å². The van der Waals surface area contributed by atoms with Crippen LogP contribution in [0, 0.1) is 5.82 Å². The molecule has 3 heteroatoms. The molecule has 0 aliphatic heterocycles. The predicted octanol–water partition coefficient (Wildman–Crippen LogP) is 3.76. The molecule has 1 aliphatic rings. The largest absolute Gasteiger partial charge is 0.310 e. The highest BCUT2D eigenvalue weighted by atomic mass is 19.1. The zero-order valence-corrected chi connectivity index (χ0v) is 11.0. The minimum atomic E-state index is -0.256. The SMILES string of the molecule is CCNC(CC1=CCCCC1)c1cncc(F)c1. The number of nitrogens with one attached hydrogen (secondary N) is 1. The van der Waals surface area contributed by atoms with E-state index >= 15 is 0 Å². The molecule has 1 atom stereocenters. The Morgan fingerprint density at radius 1 is 1.39 bits per heavy atom. The molecule has 0 bridgehead atoms. The Kier molecular flexibility index (Phi) is 4.88. The first-order chi connectivity index (χ1) is 8.79. The van der Waals surface area contributed by atoms with Gasteiger partial charge in [0.25, 0.3) is 0 Å². The number of nitrogens with zero attached hydrogens (tertiary/aromatic N) is 1. The molecule has 1 N–H and O–H groups in total. The van der Waals surface area contributed by atoms with Gasteiger partial charge in [-0.1, -0.05) is 18.6 Å². The molecular weight excluding hydrogens is 227 g/mol. The van der Waals surface area contributed by atoms with Crippen LogP contribution >= 0.6 is 0 Å². The van der Waals surface area contributed by atoms with Crippen LogP contribution in [-0.2, 0) is 0 Å². The summed E-state index contributed by atoms with van der Waals surface area (Å²) in [6.07, 6.45) is 11.3. The van der Waals surface area contributed by atoms with Crippen LogP contribution in [0.1, 0.15) is 50.6 Å². The summed E-state index contributed by atoms with van der Waals surface area (Å²) >= 11 is 0. The third-order valence-electron chi connectivity index (χ3n) is 3.43. The van der Waals surface area contributed by atoms with Crippen LogP contribution in [0.5, 0.6) is 0 Å². The van der Waals surface area contributed by atoms with Gasteiger partial charge in [0.05, 0.1) is 6.20 Å². The Morgan fingerprint density at radius 2 is 2.28 bits per heavy atom. The van der Waals surface area contributed by atoms with Gasteiger partial charge in [-0.05, 0) is 50.3 Å². The van der Waals surface area contributed by atoms with Crippen molar-refractivity contribution in [3.05, 3.63) is 41.5 Å². The highest BCUT2D eigenvalue weighted by Crippen LogP contribution is 2.27. The topological polar surface area (TPSA) is 24.9 Å². The molecule has 0 fully saturated rings. The second-order valence-electron chi connectivity index (χ2n) is 4.86. The summed E-state index contributed by atoms with van der Waals surface area (Å²) in [5.41, 5.74) is 2.44. The van der Waals surface area contributed by atoms with Crippen molar-refractivity contribution in [3.8, 4) is 0 Å². The van der Waals surface area contributed by atoms with E-state index in [9.17, 15) is 4.39 Å². The predicted molar refractivity (Wildman–Crippen MR) is 71.8 cm³/mol. The van der Waals surface area contributed by atoms with Gasteiger partial charge in [0.15, 0.2) is 0 Å². The Bertz CT molecular complexity index is 415. The van der Waals surface area contributed by atoms with Gasteiger partial charge in [0.1, 0.15) is 5.82 Å². The summed E-state index contributed by atoms with van der Waals surface area (Å²) in [4.78, 5) is 3.95. The standard InChI is InChI=1S/C15H21FN2/c1-2-18-15(8-12-6-4-3-5-7-12)13-9-14(16)11-17-10-13/h6,9-11,15,18H,2-5,7-8H2,1H3. The lowest BCUT2D eigenvalue weighted by Crippen LogP contribution is -2.22. The molecular formula is C15H21FN2. The summed E-state index contributed by atoms with van der Waals surface area (Å²) in [7, 11) is 0. The number of rotatable bonds is 5. The summed E-state index contributed by atoms with van der Waals surface area (Å²) in [5.74, 6) is -0.256. The first-order valence-electron chi connectivity index (χ1n) is 6.81. The van der Waals surface area contributed by atoms with Crippen LogP contribution in [0.15, 0.2) is 30.1 Å². The maximum Gasteiger partial charge on any atom is 0.141 e. The molecule has 1 aromatic heterocycles. The lowest BCUT2D eigenvalue weighted by atomic mass is 9.92. The molecule has 0 amide bonds. The van der Waals surface area contributed by atoms with Crippen molar-refractivity contribution < 1.29 is 4.39 Å². The fraction of sp³-hybridized carbons (Fsp3) is 0.533. The molecule has 1 heterocycles. The van der Waals surface area contributed by atoms with Crippen LogP contribution < -0.4 is 5.32 Å². The number of halogens is 1. The normalized spacial score (nSPS) is 17.3. The van der Waals surface area contributed by atoms with Crippen molar-refractivity contribution in [3.63, 3.8) is 0 Å². The van der Waals surface area contributed by atoms with Gasteiger partial charge in [-0.2, -0.15) is 0 Å². The number of hydrogen-bond donors (Lipinski definition) is 1. The Morgan fingerprint density at radius 3 is 2.94 bits per heavy atom. The van der Waals surface area contributed by atoms with Crippen LogP contribution in [-0.4, -0.2) is 11.5 Å². The van der Waals surface area contributed by atoms with Crippen LogP contribution in [0.2, 0.25) is 0 Å². The average Bonchev–Trinajstić information content (AvgIpc) is 2.39. The molecule has 2 rings (SSSR count). The molecule has 18 heavy (non-hydrogen) atoms. The van der Waals surface area contributed by atoms with E-state index in [1.165, 1.54) is 37.5 Å². The second-order valence-corrected chi connectivity index (χ2v) is 4.86. The van der Waals surface area contributed by atoms with Gasteiger partial charge in [-0.15, -0.1) is 0 Å². The Hall–Kier alpha value is -1.22. The van der Waals surface area contributed by atoms with E-state index in [0.29, 0.717) is 0 Å². The van der Waals surface area contributed by atoms with Gasteiger partial charge in [-0.3, -0.25) is 4.98 Å². The lowest BCUT2D eigenvalue weighted by molar-refractivity contribution is 0.520. The summed E-state index contributed by atoms with van der Waals surface area (Å²) in [6.45, 7) is 2.96. The third-order valence-corrected chi connectivity index (χ3v) is 3.43. The smallest absolute Gasteiger partial charge is 0.141 e. The molecule has 98 valence electrons. The molecule has 0 radical (unpaired) electrons. The van der Waals surface area contributed by atoms with Crippen molar-refractivity contribution in [2.75, 3.05) is 6.54 Å². The first kappa shape index (κ1) is 13.2. The molecule has 0 saturated carbocycles. The van der Waals surface area contributed by atoms with E-state index in [2.05, 4.69) is 23.3 Å². The average molecular weight is 248 g/mol. The van der Waals surface area contributed by atoms with Gasteiger partial charge in [-0.25, -0.2) is 4.39 Å². The summed E-state index contributed by atoms with van der Waals surface area (Å²) in [5, 5.41) is 3.43. The van der Waals surface area contributed by atoms with Gasteiger partial charge in [0, 0.05) is 12.2 Å². The zero-order chi connectivity index (χ0) is 12.8. The van der Waals surface area contributed by atoms with Crippen LogP contribution in [0.25, 0.3) is 0 Å². The third kappa shape index (κ3) is 3.64. The maximum atomic E-state index is 13.2. The summed E-state index contributed by atoms with van der Waals surface area (Å²) < 4.78 is 13.2. The minimum absolute atomic E-state index is 0.183. The molecule has 2 nitrogen and oxygen atoms in total. The van der Waals surface area contributed by atoms with Gasteiger partial charge in [0.2, 0.25) is 0 Å². The van der Waals surface area contributed by atoms with Gasteiger partial charge < -0.3 is 5.32 Å². The second kappa shape index (κ2) is 6.64. The van der Waals surface area contributed by atoms with Gasteiger partial charge >= 0.3 is 0 Å². The Labute approximate surface area is 108 Å². The number of hydrogen-bond acceptors (Lipinski definition) is 2. The zero-order valence-electron chi connectivity index (χ0n) is 11.0. The summed E-state index contributed by atoms with van der Waals surface area (Å²) in [6, 6.07) is 1.77. The lowest BCUT2D eigenvalue weighted by Gasteiger charge is -2.21. The monoisotopic (exact) mass is 248 g/mol. The molecule has 1 unspecified atom stereocenters. The minimum Gasteiger partial charge on any atom is -0.310 e.